The maximum Gasteiger partial charge on any atom is 0.284 e. The van der Waals surface area contributed by atoms with Crippen LogP contribution in [0.15, 0.2) is 36.5 Å². The fourth-order valence-electron chi connectivity index (χ4n) is 1.26. The van der Waals surface area contributed by atoms with Crippen molar-refractivity contribution in [3.63, 3.8) is 0 Å². The number of H-pyrrole nitrogens is 1. The van der Waals surface area contributed by atoms with Gasteiger partial charge in [-0.25, -0.2) is 0 Å². The van der Waals surface area contributed by atoms with E-state index in [0.29, 0.717) is 0 Å². The highest BCUT2D eigenvalue weighted by Crippen LogP contribution is 2.09. The molecule has 3 radical (unpaired) electrons. The number of rotatable bonds is 0. The van der Waals surface area contributed by atoms with Gasteiger partial charge in [0.15, 0.2) is 0 Å². The van der Waals surface area contributed by atoms with Gasteiger partial charge in [0.25, 0.3) is 22.6 Å². The molecule has 1 aromatic carbocycles. The predicted molar refractivity (Wildman–Crippen MR) is 65.0 cm³/mol. The van der Waals surface area contributed by atoms with E-state index >= 15 is 0 Å². The summed E-state index contributed by atoms with van der Waals surface area (Å²) in [5.74, 6) is 0. The maximum absolute atomic E-state index is 3.12. The lowest BCUT2D eigenvalue weighted by atomic mass is 9.85. The van der Waals surface area contributed by atoms with Crippen molar-refractivity contribution in [2.75, 3.05) is 0 Å². The number of para-hydroxylation sites is 1. The van der Waals surface area contributed by atoms with Crippen LogP contribution in [0.1, 0.15) is 0 Å². The Kier molecular flexibility index (Phi) is 3.90. The maximum atomic E-state index is 3.12. The molecule has 2 aromatic rings. The highest BCUT2D eigenvalue weighted by Gasteiger charge is 1.98. The Morgan fingerprint density at radius 3 is 2.07 bits per heavy atom. The molecule has 1 aliphatic rings. The van der Waals surface area contributed by atoms with E-state index in [1.165, 1.54) is 10.9 Å². The molecule has 0 bridgehead atoms. The number of aromatic nitrogens is 1. The minimum atomic E-state index is 1.21. The van der Waals surface area contributed by atoms with E-state index in [0.717, 1.165) is 0 Å². The summed E-state index contributed by atoms with van der Waals surface area (Å²) in [6, 6.07) is 10.3. The van der Waals surface area contributed by atoms with Crippen molar-refractivity contribution in [1.82, 2.24) is 20.4 Å². The van der Waals surface area contributed by atoms with Gasteiger partial charge in [0.2, 0.25) is 0 Å². The van der Waals surface area contributed by atoms with Gasteiger partial charge in [-0.1, -0.05) is 18.2 Å². The molecule has 0 unspecified atom stereocenters. The lowest BCUT2D eigenvalue weighted by Gasteiger charge is -2.07. The van der Waals surface area contributed by atoms with Crippen molar-refractivity contribution in [3.8, 4) is 0 Å². The molecular formula is C8H10B3N4. The molecule has 1 fully saturated rings. The van der Waals surface area contributed by atoms with Gasteiger partial charge in [0.1, 0.15) is 0 Å². The van der Waals surface area contributed by atoms with Crippen LogP contribution in [-0.2, 0) is 0 Å². The molecule has 71 valence electrons. The lowest BCUT2D eigenvalue weighted by molar-refractivity contribution is 1.28. The molecular weight excluding hydrogens is 185 g/mol. The van der Waals surface area contributed by atoms with Crippen LogP contribution in [0, 0.1) is 0 Å². The second-order valence-electron chi connectivity index (χ2n) is 3.00. The highest BCUT2D eigenvalue weighted by molar-refractivity contribution is 6.65. The monoisotopic (exact) mass is 195 g/mol. The number of hydrogen-bond donors (Lipinski definition) is 4. The second kappa shape index (κ2) is 5.65. The molecule has 15 heavy (non-hydrogen) atoms. The summed E-state index contributed by atoms with van der Waals surface area (Å²) in [4.78, 5) is 3.12. The van der Waals surface area contributed by atoms with E-state index < -0.39 is 0 Å². The van der Waals surface area contributed by atoms with Gasteiger partial charge in [0.05, 0.1) is 0 Å². The first-order valence-electron chi connectivity index (χ1n) is 4.72. The smallest absolute Gasteiger partial charge is 0.284 e. The van der Waals surface area contributed by atoms with Gasteiger partial charge in [-0.3, -0.25) is 0 Å². The topological polar surface area (TPSA) is 51.9 Å². The fraction of sp³-hybridized carbons (Fsp3) is 0. The van der Waals surface area contributed by atoms with Crippen LogP contribution in [0.3, 0.4) is 0 Å². The average Bonchev–Trinajstić information content (AvgIpc) is 2.80. The van der Waals surface area contributed by atoms with Gasteiger partial charge >= 0.3 is 0 Å². The molecule has 0 atom stereocenters. The van der Waals surface area contributed by atoms with Gasteiger partial charge in [-0.15, -0.1) is 0 Å². The molecule has 0 saturated carbocycles. The molecule has 0 spiro atoms. The van der Waals surface area contributed by atoms with Crippen LogP contribution < -0.4 is 15.4 Å². The number of fused-ring (bicyclic) bond motifs is 1. The average molecular weight is 195 g/mol. The first-order chi connectivity index (χ1) is 7.47. The number of aromatic amines is 1. The second-order valence-corrected chi connectivity index (χ2v) is 3.00. The quantitative estimate of drug-likeness (QED) is 0.430. The van der Waals surface area contributed by atoms with Crippen molar-refractivity contribution < 1.29 is 0 Å². The molecule has 4 nitrogen and oxygen atoms in total. The summed E-state index contributed by atoms with van der Waals surface area (Å²) < 4.78 is 0. The summed E-state index contributed by atoms with van der Waals surface area (Å²) in [5, 5.41) is 9.62. The highest BCUT2D eigenvalue weighted by atomic mass is 15.0. The Morgan fingerprint density at radius 2 is 1.47 bits per heavy atom. The number of hydrogen-bond acceptors (Lipinski definition) is 3. The molecule has 2 heterocycles. The standard InChI is InChI=1S/C8H7N.B3H3N3/c1-2-4-8-7(3-1)5-6-9-8;1-4-2-6-3-5-1/h1-6,9H;4-6H. The fourth-order valence-corrected chi connectivity index (χ4v) is 1.26. The summed E-state index contributed by atoms with van der Waals surface area (Å²) in [6.07, 6.45) is 1.95. The van der Waals surface area contributed by atoms with Crippen LogP contribution in [0.4, 0.5) is 0 Å². The third kappa shape index (κ3) is 3.16. The van der Waals surface area contributed by atoms with Crippen molar-refractivity contribution >= 4 is 33.6 Å². The Bertz CT molecular complexity index is 360. The zero-order chi connectivity index (χ0) is 10.3. The molecule has 0 amide bonds. The van der Waals surface area contributed by atoms with E-state index in [1.54, 1.807) is 22.6 Å². The van der Waals surface area contributed by atoms with Crippen LogP contribution in [0.25, 0.3) is 10.9 Å². The van der Waals surface area contributed by atoms with Crippen molar-refractivity contribution in [2.24, 2.45) is 0 Å². The number of benzene rings is 1. The molecule has 4 N–H and O–H groups in total. The molecule has 3 rings (SSSR count). The summed E-state index contributed by atoms with van der Waals surface area (Å²) in [7, 11) is 5.16. The van der Waals surface area contributed by atoms with E-state index in [9.17, 15) is 0 Å². The SMILES string of the molecule is [B]1N[B]N[B]N1.c1ccc2[nH]ccc2c1. The molecule has 7 heteroatoms. The largest absolute Gasteiger partial charge is 0.379 e. The van der Waals surface area contributed by atoms with Crippen LogP contribution >= 0.6 is 0 Å². The first-order valence-corrected chi connectivity index (χ1v) is 4.72. The van der Waals surface area contributed by atoms with Crippen molar-refractivity contribution in [3.05, 3.63) is 36.5 Å². The minimum Gasteiger partial charge on any atom is -0.379 e. The molecule has 1 saturated heterocycles. The summed E-state index contributed by atoms with van der Waals surface area (Å²) in [6.45, 7) is 0. The van der Waals surface area contributed by atoms with Gasteiger partial charge in [0, 0.05) is 11.7 Å². The van der Waals surface area contributed by atoms with Crippen LogP contribution in [-0.4, -0.2) is 27.6 Å². The van der Waals surface area contributed by atoms with Gasteiger partial charge in [-0.2, -0.15) is 0 Å². The number of nitrogens with one attached hydrogen (secondary N) is 4. The van der Waals surface area contributed by atoms with E-state index in [-0.39, 0.29) is 0 Å². The third-order valence-corrected chi connectivity index (χ3v) is 1.96. The van der Waals surface area contributed by atoms with Crippen molar-refractivity contribution in [1.29, 1.82) is 0 Å². The predicted octanol–water partition coefficient (Wildman–Crippen LogP) is -0.461. The first kappa shape index (κ1) is 10.4. The Morgan fingerprint density at radius 1 is 0.800 bits per heavy atom. The zero-order valence-corrected chi connectivity index (χ0v) is 8.20. The Labute approximate surface area is 91.1 Å². The summed E-state index contributed by atoms with van der Waals surface area (Å²) >= 11 is 0. The van der Waals surface area contributed by atoms with Crippen LogP contribution in [0.2, 0.25) is 0 Å². The van der Waals surface area contributed by atoms with E-state index in [1.807, 2.05) is 18.3 Å². The van der Waals surface area contributed by atoms with E-state index in [2.05, 4.69) is 38.6 Å². The molecule has 1 aromatic heterocycles. The lowest BCUT2D eigenvalue weighted by Crippen LogP contribution is -2.55. The Hall–Kier alpha value is -1.17. The van der Waals surface area contributed by atoms with Gasteiger partial charge in [-0.05, 0) is 17.5 Å². The molecule has 0 aliphatic carbocycles. The summed E-state index contributed by atoms with van der Waals surface area (Å²) in [5.41, 5.74) is 1.21. The van der Waals surface area contributed by atoms with Gasteiger partial charge < -0.3 is 20.4 Å². The van der Waals surface area contributed by atoms with Crippen molar-refractivity contribution in [2.45, 2.75) is 0 Å². The molecule has 1 aliphatic heterocycles. The third-order valence-electron chi connectivity index (χ3n) is 1.96. The van der Waals surface area contributed by atoms with Crippen LogP contribution in [0.5, 0.6) is 0 Å². The van der Waals surface area contributed by atoms with E-state index in [4.69, 9.17) is 0 Å². The normalized spacial score (nSPS) is 14.1. The minimum absolute atomic E-state index is 1.21. The zero-order valence-electron chi connectivity index (χ0n) is 8.20. The Balaban J connectivity index is 0.000000124.